The molecule has 2 aromatic rings. The number of nitrogens with zero attached hydrogens (tertiary/aromatic N) is 1. The van der Waals surface area contributed by atoms with E-state index in [1.807, 2.05) is 30.3 Å². The number of hydrogen-bond donors (Lipinski definition) is 2. The van der Waals surface area contributed by atoms with E-state index in [9.17, 15) is 9.90 Å². The highest BCUT2D eigenvalue weighted by Crippen LogP contribution is 2.16. The van der Waals surface area contributed by atoms with Gasteiger partial charge in [0, 0.05) is 5.56 Å². The first-order chi connectivity index (χ1) is 9.16. The van der Waals surface area contributed by atoms with Crippen LogP contribution in [0.25, 0.3) is 0 Å². The first-order valence-electron chi connectivity index (χ1n) is 6.02. The minimum absolute atomic E-state index is 0.144. The minimum Gasteiger partial charge on any atom is -0.508 e. The summed E-state index contributed by atoms with van der Waals surface area (Å²) in [4.78, 5) is 11.9. The molecule has 0 atom stereocenters. The molecule has 0 unspecified atom stereocenters. The molecule has 2 aromatic carbocycles. The maximum atomic E-state index is 11.9. The molecule has 0 bridgehead atoms. The number of rotatable bonds is 4. The van der Waals surface area contributed by atoms with Gasteiger partial charge in [-0.2, -0.15) is 0 Å². The molecule has 0 heterocycles. The molecule has 2 rings (SSSR count). The number of phenolic OH excluding ortho intramolecular Hbond substituents is 1. The van der Waals surface area contributed by atoms with Crippen LogP contribution in [-0.2, 0) is 17.8 Å². The van der Waals surface area contributed by atoms with Crippen LogP contribution < -0.4 is 5.84 Å². The summed E-state index contributed by atoms with van der Waals surface area (Å²) in [6.45, 7) is 0.193. The third-order valence-electron chi connectivity index (χ3n) is 2.85. The zero-order chi connectivity index (χ0) is 13.7. The van der Waals surface area contributed by atoms with E-state index in [1.54, 1.807) is 24.3 Å². The average Bonchev–Trinajstić information content (AvgIpc) is 2.42. The quantitative estimate of drug-likeness (QED) is 0.498. The molecule has 0 saturated carbocycles. The molecule has 4 nitrogen and oxygen atoms in total. The van der Waals surface area contributed by atoms with Gasteiger partial charge in [0.1, 0.15) is 5.75 Å². The van der Waals surface area contributed by atoms with Crippen LogP contribution >= 0.6 is 0 Å². The summed E-state index contributed by atoms with van der Waals surface area (Å²) in [6, 6.07) is 16.3. The number of benzene rings is 2. The maximum Gasteiger partial charge on any atom is 0.241 e. The Balaban J connectivity index is 1.98. The highest BCUT2D eigenvalue weighted by atomic mass is 16.3. The van der Waals surface area contributed by atoms with Gasteiger partial charge in [-0.25, -0.2) is 5.84 Å². The SMILES string of the molecule is NN(Cc1ccccc1O)C(=O)Cc1ccccc1. The standard InChI is InChI=1S/C15H16N2O2/c16-17(11-13-8-4-5-9-14(13)18)15(19)10-12-6-2-1-3-7-12/h1-9,18H,10-11,16H2. The third kappa shape index (κ3) is 3.56. The Hall–Kier alpha value is -2.33. The van der Waals surface area contributed by atoms with Crippen molar-refractivity contribution >= 4 is 5.91 Å². The van der Waals surface area contributed by atoms with E-state index >= 15 is 0 Å². The van der Waals surface area contributed by atoms with E-state index in [2.05, 4.69) is 0 Å². The van der Waals surface area contributed by atoms with Crippen LogP contribution in [0.2, 0.25) is 0 Å². The molecular weight excluding hydrogens is 240 g/mol. The molecule has 0 aromatic heterocycles. The Kier molecular flexibility index (Phi) is 4.15. The maximum absolute atomic E-state index is 11.9. The highest BCUT2D eigenvalue weighted by molar-refractivity contribution is 5.78. The smallest absolute Gasteiger partial charge is 0.241 e. The summed E-state index contributed by atoms with van der Waals surface area (Å²) in [5, 5.41) is 10.8. The topological polar surface area (TPSA) is 66.6 Å². The summed E-state index contributed by atoms with van der Waals surface area (Å²) in [5.41, 5.74) is 1.55. The van der Waals surface area contributed by atoms with Crippen molar-refractivity contribution in [1.82, 2.24) is 5.01 Å². The third-order valence-corrected chi connectivity index (χ3v) is 2.85. The van der Waals surface area contributed by atoms with Gasteiger partial charge in [-0.15, -0.1) is 0 Å². The molecule has 0 aliphatic heterocycles. The zero-order valence-corrected chi connectivity index (χ0v) is 10.5. The molecule has 0 spiro atoms. The number of aromatic hydroxyl groups is 1. The number of phenols is 1. The molecule has 3 N–H and O–H groups in total. The lowest BCUT2D eigenvalue weighted by molar-refractivity contribution is -0.131. The second kappa shape index (κ2) is 6.02. The van der Waals surface area contributed by atoms with Crippen molar-refractivity contribution in [2.24, 2.45) is 5.84 Å². The van der Waals surface area contributed by atoms with Crippen molar-refractivity contribution in [3.05, 3.63) is 65.7 Å². The molecule has 0 radical (unpaired) electrons. The van der Waals surface area contributed by atoms with Crippen molar-refractivity contribution < 1.29 is 9.90 Å². The van der Waals surface area contributed by atoms with E-state index in [-0.39, 0.29) is 24.6 Å². The summed E-state index contributed by atoms with van der Waals surface area (Å²) < 4.78 is 0. The zero-order valence-electron chi connectivity index (χ0n) is 10.5. The van der Waals surface area contributed by atoms with Gasteiger partial charge in [-0.05, 0) is 11.6 Å². The van der Waals surface area contributed by atoms with Crippen LogP contribution in [0.3, 0.4) is 0 Å². The van der Waals surface area contributed by atoms with E-state index < -0.39 is 0 Å². The highest BCUT2D eigenvalue weighted by Gasteiger charge is 2.12. The second-order valence-electron chi connectivity index (χ2n) is 4.31. The van der Waals surface area contributed by atoms with Crippen LogP contribution in [0.15, 0.2) is 54.6 Å². The molecular formula is C15H16N2O2. The summed E-state index contributed by atoms with van der Waals surface area (Å²) in [6.07, 6.45) is 0.255. The number of amides is 1. The van der Waals surface area contributed by atoms with Crippen molar-refractivity contribution in [2.45, 2.75) is 13.0 Å². The van der Waals surface area contributed by atoms with Gasteiger partial charge in [0.25, 0.3) is 0 Å². The Morgan fingerprint density at radius 1 is 1.05 bits per heavy atom. The molecule has 0 saturated heterocycles. The predicted octanol–water partition coefficient (Wildman–Crippen LogP) is 1.84. The van der Waals surface area contributed by atoms with Gasteiger partial charge < -0.3 is 5.11 Å². The number of carbonyl (C=O) groups is 1. The number of hydrogen-bond acceptors (Lipinski definition) is 3. The number of hydrazine groups is 1. The van der Waals surface area contributed by atoms with E-state index in [0.717, 1.165) is 10.6 Å². The second-order valence-corrected chi connectivity index (χ2v) is 4.31. The molecule has 4 heteroatoms. The van der Waals surface area contributed by atoms with Gasteiger partial charge in [-0.1, -0.05) is 48.5 Å². The molecule has 0 fully saturated rings. The Bertz CT molecular complexity index is 555. The Morgan fingerprint density at radius 3 is 2.37 bits per heavy atom. The normalized spacial score (nSPS) is 10.2. The van der Waals surface area contributed by atoms with Crippen molar-refractivity contribution in [1.29, 1.82) is 0 Å². The largest absolute Gasteiger partial charge is 0.508 e. The van der Waals surface area contributed by atoms with Gasteiger partial charge in [0.05, 0.1) is 13.0 Å². The fourth-order valence-electron chi connectivity index (χ4n) is 1.79. The molecule has 1 amide bonds. The van der Waals surface area contributed by atoms with Crippen LogP contribution in [0, 0.1) is 0 Å². The monoisotopic (exact) mass is 256 g/mol. The fourth-order valence-corrected chi connectivity index (χ4v) is 1.79. The number of nitrogens with two attached hydrogens (primary N) is 1. The lowest BCUT2D eigenvalue weighted by atomic mass is 10.1. The van der Waals surface area contributed by atoms with Gasteiger partial charge in [0.15, 0.2) is 0 Å². The van der Waals surface area contributed by atoms with E-state index in [1.165, 1.54) is 0 Å². The van der Waals surface area contributed by atoms with Gasteiger partial charge >= 0.3 is 0 Å². The van der Waals surface area contributed by atoms with Gasteiger partial charge in [0.2, 0.25) is 5.91 Å². The minimum atomic E-state index is -0.186. The van der Waals surface area contributed by atoms with Crippen LogP contribution in [0.4, 0.5) is 0 Å². The van der Waals surface area contributed by atoms with Crippen LogP contribution in [0.5, 0.6) is 5.75 Å². The van der Waals surface area contributed by atoms with Gasteiger partial charge in [-0.3, -0.25) is 9.80 Å². The molecule has 0 aliphatic carbocycles. The molecule has 98 valence electrons. The summed E-state index contributed by atoms with van der Waals surface area (Å²) in [7, 11) is 0. The van der Waals surface area contributed by atoms with Crippen LogP contribution in [-0.4, -0.2) is 16.0 Å². The predicted molar refractivity (Wildman–Crippen MR) is 73.0 cm³/mol. The summed E-state index contributed by atoms with van der Waals surface area (Å²) >= 11 is 0. The lowest BCUT2D eigenvalue weighted by Gasteiger charge is -2.17. The first-order valence-corrected chi connectivity index (χ1v) is 6.02. The van der Waals surface area contributed by atoms with Crippen LogP contribution in [0.1, 0.15) is 11.1 Å². The fraction of sp³-hybridized carbons (Fsp3) is 0.133. The Morgan fingerprint density at radius 2 is 1.68 bits per heavy atom. The molecule has 0 aliphatic rings. The van der Waals surface area contributed by atoms with Crippen molar-refractivity contribution in [2.75, 3.05) is 0 Å². The Labute approximate surface area is 112 Å². The molecule has 19 heavy (non-hydrogen) atoms. The van der Waals surface area contributed by atoms with Crippen molar-refractivity contribution in [3.8, 4) is 5.75 Å². The number of carbonyl (C=O) groups excluding carboxylic acids is 1. The number of para-hydroxylation sites is 1. The van der Waals surface area contributed by atoms with Crippen molar-refractivity contribution in [3.63, 3.8) is 0 Å². The summed E-state index contributed by atoms with van der Waals surface area (Å²) in [5.74, 6) is 5.70. The first kappa shape index (κ1) is 13.1. The van der Waals surface area contributed by atoms with E-state index in [4.69, 9.17) is 5.84 Å². The average molecular weight is 256 g/mol. The lowest BCUT2D eigenvalue weighted by Crippen LogP contribution is -2.37. The van der Waals surface area contributed by atoms with E-state index in [0.29, 0.717) is 5.56 Å².